The first-order valence-electron chi connectivity index (χ1n) is 7.76. The molecule has 2 heterocycles. The molecule has 0 bridgehead atoms. The average molecular weight is 378 g/mol. The maximum atomic E-state index is 12.4. The number of fused-ring (bicyclic) bond motifs is 1. The molecule has 0 spiro atoms. The SMILES string of the molecule is O=C(CCN1C(=O)c2ccccc2S1(=O)=O)Nc1nnc(C2CC2)s1. The summed E-state index contributed by atoms with van der Waals surface area (Å²) in [6.07, 6.45) is 2.05. The van der Waals surface area contributed by atoms with Crippen LogP contribution in [0.25, 0.3) is 0 Å². The summed E-state index contributed by atoms with van der Waals surface area (Å²) in [5.41, 5.74) is 0.140. The van der Waals surface area contributed by atoms with E-state index in [0.29, 0.717) is 11.0 Å². The van der Waals surface area contributed by atoms with Gasteiger partial charge in [-0.2, -0.15) is 0 Å². The number of anilines is 1. The van der Waals surface area contributed by atoms with Crippen LogP contribution in [-0.2, 0) is 14.8 Å². The molecule has 130 valence electrons. The topological polar surface area (TPSA) is 109 Å². The van der Waals surface area contributed by atoms with Crippen LogP contribution in [0.5, 0.6) is 0 Å². The number of hydrogen-bond acceptors (Lipinski definition) is 7. The monoisotopic (exact) mass is 378 g/mol. The summed E-state index contributed by atoms with van der Waals surface area (Å²) in [6.45, 7) is -0.212. The Labute approximate surface area is 147 Å². The van der Waals surface area contributed by atoms with Gasteiger partial charge in [0.25, 0.3) is 15.9 Å². The lowest BCUT2D eigenvalue weighted by Gasteiger charge is -2.14. The highest BCUT2D eigenvalue weighted by atomic mass is 32.2. The Hall–Kier alpha value is -2.33. The standard InChI is InChI=1S/C15H14N4O4S2/c20-12(16-15-18-17-13(24-15)9-5-6-9)7-8-19-14(21)10-3-1-2-4-11(10)25(19,22)23/h1-4,9H,5-8H2,(H,16,18,20). The van der Waals surface area contributed by atoms with Crippen molar-refractivity contribution in [1.29, 1.82) is 0 Å². The first kappa shape index (κ1) is 16.2. The van der Waals surface area contributed by atoms with Crippen molar-refractivity contribution in [2.24, 2.45) is 0 Å². The molecule has 1 aromatic carbocycles. The number of carbonyl (C=O) groups is 2. The quantitative estimate of drug-likeness (QED) is 0.846. The molecule has 1 aromatic heterocycles. The summed E-state index contributed by atoms with van der Waals surface area (Å²) in [5.74, 6) is -0.554. The van der Waals surface area contributed by atoms with Crippen molar-refractivity contribution in [1.82, 2.24) is 14.5 Å². The van der Waals surface area contributed by atoms with Crippen LogP contribution in [0.1, 0.15) is 40.5 Å². The number of carbonyl (C=O) groups excluding carboxylic acids is 2. The van der Waals surface area contributed by atoms with Gasteiger partial charge in [0, 0.05) is 18.9 Å². The molecular formula is C15H14N4O4S2. The van der Waals surface area contributed by atoms with Crippen molar-refractivity contribution in [3.05, 3.63) is 34.8 Å². The van der Waals surface area contributed by atoms with E-state index in [-0.39, 0.29) is 23.4 Å². The van der Waals surface area contributed by atoms with E-state index in [4.69, 9.17) is 0 Å². The Balaban J connectivity index is 1.41. The largest absolute Gasteiger partial charge is 0.300 e. The normalized spacial score (nSPS) is 18.2. The van der Waals surface area contributed by atoms with Gasteiger partial charge in [0.2, 0.25) is 11.0 Å². The molecule has 1 aliphatic heterocycles. The van der Waals surface area contributed by atoms with Crippen LogP contribution in [0, 0.1) is 0 Å². The lowest BCUT2D eigenvalue weighted by Crippen LogP contribution is -2.33. The predicted molar refractivity (Wildman–Crippen MR) is 89.8 cm³/mol. The van der Waals surface area contributed by atoms with E-state index < -0.39 is 21.8 Å². The molecule has 0 saturated heterocycles. The highest BCUT2D eigenvalue weighted by Crippen LogP contribution is 2.42. The molecule has 1 N–H and O–H groups in total. The molecule has 0 unspecified atom stereocenters. The minimum atomic E-state index is -3.88. The lowest BCUT2D eigenvalue weighted by molar-refractivity contribution is -0.116. The number of nitrogens with one attached hydrogen (secondary N) is 1. The Bertz CT molecular complexity index is 965. The second-order valence-corrected chi connectivity index (χ2v) is 8.74. The van der Waals surface area contributed by atoms with Crippen LogP contribution in [0.4, 0.5) is 5.13 Å². The van der Waals surface area contributed by atoms with Gasteiger partial charge in [-0.05, 0) is 25.0 Å². The second kappa shape index (κ2) is 5.88. The molecule has 0 radical (unpaired) electrons. The molecule has 2 amide bonds. The van der Waals surface area contributed by atoms with E-state index in [1.807, 2.05) is 0 Å². The number of benzene rings is 1. The van der Waals surface area contributed by atoms with Gasteiger partial charge in [-0.15, -0.1) is 10.2 Å². The minimum Gasteiger partial charge on any atom is -0.300 e. The number of amides is 2. The van der Waals surface area contributed by atoms with Gasteiger partial charge in [0.1, 0.15) is 9.90 Å². The summed E-state index contributed by atoms with van der Waals surface area (Å²) < 4.78 is 25.6. The van der Waals surface area contributed by atoms with Crippen LogP contribution in [-0.4, -0.2) is 41.3 Å². The van der Waals surface area contributed by atoms with E-state index in [1.165, 1.54) is 23.5 Å². The average Bonchev–Trinajstić information content (AvgIpc) is 3.30. The van der Waals surface area contributed by atoms with Crippen LogP contribution < -0.4 is 5.32 Å². The Morgan fingerprint density at radius 1 is 1.28 bits per heavy atom. The molecule has 25 heavy (non-hydrogen) atoms. The van der Waals surface area contributed by atoms with Crippen LogP contribution in [0.15, 0.2) is 29.2 Å². The molecule has 2 aliphatic rings. The number of aromatic nitrogens is 2. The van der Waals surface area contributed by atoms with Gasteiger partial charge in [-0.3, -0.25) is 9.59 Å². The van der Waals surface area contributed by atoms with Gasteiger partial charge >= 0.3 is 0 Å². The molecule has 1 saturated carbocycles. The molecule has 4 rings (SSSR count). The van der Waals surface area contributed by atoms with E-state index in [2.05, 4.69) is 15.5 Å². The van der Waals surface area contributed by atoms with Crippen molar-refractivity contribution in [2.45, 2.75) is 30.1 Å². The summed E-state index contributed by atoms with van der Waals surface area (Å²) >= 11 is 1.33. The zero-order valence-electron chi connectivity index (χ0n) is 13.0. The summed E-state index contributed by atoms with van der Waals surface area (Å²) in [5, 5.41) is 11.8. The fourth-order valence-electron chi connectivity index (χ4n) is 2.62. The molecule has 1 fully saturated rings. The fourth-order valence-corrected chi connectivity index (χ4v) is 5.12. The van der Waals surface area contributed by atoms with Crippen molar-refractivity contribution in [2.75, 3.05) is 11.9 Å². The van der Waals surface area contributed by atoms with Gasteiger partial charge in [-0.25, -0.2) is 12.7 Å². The third-order valence-electron chi connectivity index (χ3n) is 4.07. The van der Waals surface area contributed by atoms with Crippen LogP contribution in [0.3, 0.4) is 0 Å². The number of rotatable bonds is 5. The maximum Gasteiger partial charge on any atom is 0.269 e. The smallest absolute Gasteiger partial charge is 0.269 e. The first-order valence-corrected chi connectivity index (χ1v) is 10.0. The van der Waals surface area contributed by atoms with Crippen molar-refractivity contribution >= 4 is 38.3 Å². The zero-order chi connectivity index (χ0) is 17.6. The summed E-state index contributed by atoms with van der Waals surface area (Å²) in [7, 11) is -3.88. The van der Waals surface area contributed by atoms with E-state index >= 15 is 0 Å². The zero-order valence-corrected chi connectivity index (χ0v) is 14.6. The van der Waals surface area contributed by atoms with Crippen LogP contribution >= 0.6 is 11.3 Å². The number of hydrogen-bond donors (Lipinski definition) is 1. The highest BCUT2D eigenvalue weighted by molar-refractivity contribution is 7.90. The van der Waals surface area contributed by atoms with Gasteiger partial charge in [-0.1, -0.05) is 23.5 Å². The maximum absolute atomic E-state index is 12.4. The van der Waals surface area contributed by atoms with E-state index in [1.54, 1.807) is 12.1 Å². The Kier molecular flexibility index (Phi) is 3.80. The van der Waals surface area contributed by atoms with E-state index in [9.17, 15) is 18.0 Å². The van der Waals surface area contributed by atoms with Crippen molar-refractivity contribution < 1.29 is 18.0 Å². The third kappa shape index (κ3) is 2.91. The van der Waals surface area contributed by atoms with Gasteiger partial charge in [0.05, 0.1) is 5.56 Å². The number of nitrogens with zero attached hydrogens (tertiary/aromatic N) is 3. The Morgan fingerprint density at radius 3 is 2.76 bits per heavy atom. The van der Waals surface area contributed by atoms with Gasteiger partial charge in [0.15, 0.2) is 0 Å². The molecule has 1 aliphatic carbocycles. The minimum absolute atomic E-state index is 0.0152. The molecule has 10 heteroatoms. The molecule has 8 nitrogen and oxygen atoms in total. The van der Waals surface area contributed by atoms with Crippen LogP contribution in [0.2, 0.25) is 0 Å². The molecule has 2 aromatic rings. The summed E-state index contributed by atoms with van der Waals surface area (Å²) in [6, 6.07) is 6.03. The van der Waals surface area contributed by atoms with Gasteiger partial charge < -0.3 is 5.32 Å². The highest BCUT2D eigenvalue weighted by Gasteiger charge is 2.40. The first-order chi connectivity index (χ1) is 12.0. The van der Waals surface area contributed by atoms with Crippen molar-refractivity contribution in [3.63, 3.8) is 0 Å². The Morgan fingerprint density at radius 2 is 2.04 bits per heavy atom. The number of sulfonamides is 1. The second-order valence-electron chi connectivity index (χ2n) is 5.90. The van der Waals surface area contributed by atoms with E-state index in [0.717, 1.165) is 22.2 Å². The molecule has 0 atom stereocenters. The third-order valence-corrected chi connectivity index (χ3v) is 6.91. The fraction of sp³-hybridized carbons (Fsp3) is 0.333. The molecular weight excluding hydrogens is 364 g/mol. The lowest BCUT2D eigenvalue weighted by atomic mass is 10.2. The van der Waals surface area contributed by atoms with Crippen molar-refractivity contribution in [3.8, 4) is 0 Å². The summed E-state index contributed by atoms with van der Waals surface area (Å²) in [4.78, 5) is 24.3. The predicted octanol–water partition coefficient (Wildman–Crippen LogP) is 1.59.